The fourth-order valence-corrected chi connectivity index (χ4v) is 2.88. The van der Waals surface area contributed by atoms with Crippen LogP contribution in [0.15, 0.2) is 30.3 Å². The van der Waals surface area contributed by atoms with Gasteiger partial charge in [-0.1, -0.05) is 18.2 Å². The van der Waals surface area contributed by atoms with Gasteiger partial charge in [0.1, 0.15) is 21.7 Å². The molecule has 0 spiro atoms. The maximum absolute atomic E-state index is 11.9. The van der Waals surface area contributed by atoms with E-state index in [0.717, 1.165) is 11.3 Å². The number of carbonyl (C=O) groups is 2. The first-order valence-corrected chi connectivity index (χ1v) is 7.63. The Morgan fingerprint density at radius 2 is 2.00 bits per heavy atom. The Bertz CT molecular complexity index is 762. The smallest absolute Gasteiger partial charge is 0.417 e. The summed E-state index contributed by atoms with van der Waals surface area (Å²) in [7, 11) is 0. The number of rotatable bonds is 4. The number of carbonyl (C=O) groups excluding carboxylic acids is 2. The lowest BCUT2D eigenvalue weighted by molar-refractivity contribution is 0.0531. The zero-order valence-corrected chi connectivity index (χ0v) is 13.4. The van der Waals surface area contributed by atoms with E-state index in [4.69, 9.17) is 9.47 Å². The molecule has 0 aliphatic rings. The molecule has 0 fully saturated rings. The van der Waals surface area contributed by atoms with Crippen LogP contribution in [0.3, 0.4) is 0 Å². The summed E-state index contributed by atoms with van der Waals surface area (Å²) in [6, 6.07) is 10.5. The Morgan fingerprint density at radius 1 is 1.30 bits per heavy atom. The average Bonchev–Trinajstić information content (AvgIpc) is 2.84. The number of nitriles is 1. The molecule has 2 rings (SSSR count). The molecule has 0 atom stereocenters. The van der Waals surface area contributed by atoms with Crippen LogP contribution in [0.4, 0.5) is 9.80 Å². The van der Waals surface area contributed by atoms with Crippen molar-refractivity contribution in [2.45, 2.75) is 13.8 Å². The Hall–Kier alpha value is -2.85. The van der Waals surface area contributed by atoms with Crippen molar-refractivity contribution in [3.63, 3.8) is 0 Å². The SMILES string of the molecule is CCOC(=O)c1sc(NC(=O)Oc2ccccc2)c(C#N)c1C. The van der Waals surface area contributed by atoms with Crippen molar-refractivity contribution in [3.8, 4) is 11.8 Å². The van der Waals surface area contributed by atoms with E-state index in [1.54, 1.807) is 44.2 Å². The maximum atomic E-state index is 11.9. The molecule has 2 aromatic rings. The molecule has 0 aliphatic heterocycles. The van der Waals surface area contributed by atoms with Gasteiger partial charge in [0.05, 0.1) is 12.2 Å². The van der Waals surface area contributed by atoms with Crippen LogP contribution in [0.2, 0.25) is 0 Å². The predicted octanol–water partition coefficient (Wildman–Crippen LogP) is 3.72. The van der Waals surface area contributed by atoms with Crippen molar-refractivity contribution in [2.75, 3.05) is 11.9 Å². The largest absolute Gasteiger partial charge is 0.462 e. The molecule has 0 saturated carbocycles. The summed E-state index contributed by atoms with van der Waals surface area (Å²) in [5.41, 5.74) is 0.703. The van der Waals surface area contributed by atoms with Crippen LogP contribution >= 0.6 is 11.3 Å². The second kappa shape index (κ2) is 7.42. The molecule has 6 nitrogen and oxygen atoms in total. The summed E-state index contributed by atoms with van der Waals surface area (Å²) in [5.74, 6) is -0.140. The topological polar surface area (TPSA) is 88.4 Å². The number of nitrogens with zero attached hydrogens (tertiary/aromatic N) is 1. The Labute approximate surface area is 137 Å². The molecule has 0 unspecified atom stereocenters. The number of anilines is 1. The van der Waals surface area contributed by atoms with E-state index in [0.29, 0.717) is 16.2 Å². The summed E-state index contributed by atoms with van der Waals surface area (Å²) >= 11 is 0.989. The zero-order valence-electron chi connectivity index (χ0n) is 12.6. The molecule has 0 aliphatic carbocycles. The predicted molar refractivity (Wildman–Crippen MR) is 85.8 cm³/mol. The molecule has 1 heterocycles. The third-order valence-corrected chi connectivity index (χ3v) is 4.08. The van der Waals surface area contributed by atoms with Gasteiger partial charge in [0.2, 0.25) is 0 Å². The molecule has 1 N–H and O–H groups in total. The van der Waals surface area contributed by atoms with Crippen LogP contribution in [-0.4, -0.2) is 18.7 Å². The van der Waals surface area contributed by atoms with Gasteiger partial charge in [0.25, 0.3) is 0 Å². The Balaban J connectivity index is 2.19. The highest BCUT2D eigenvalue weighted by atomic mass is 32.1. The molecule has 7 heteroatoms. The minimum atomic E-state index is -0.732. The van der Waals surface area contributed by atoms with Crippen molar-refractivity contribution in [3.05, 3.63) is 46.3 Å². The highest BCUT2D eigenvalue weighted by molar-refractivity contribution is 7.18. The van der Waals surface area contributed by atoms with E-state index in [-0.39, 0.29) is 17.2 Å². The highest BCUT2D eigenvalue weighted by Crippen LogP contribution is 2.33. The van der Waals surface area contributed by atoms with Crippen molar-refractivity contribution < 1.29 is 19.1 Å². The normalized spacial score (nSPS) is 9.78. The molecule has 1 aromatic heterocycles. The summed E-state index contributed by atoms with van der Waals surface area (Å²) < 4.78 is 10.0. The maximum Gasteiger partial charge on any atom is 0.417 e. The molecular formula is C16H14N2O4S. The van der Waals surface area contributed by atoms with Gasteiger partial charge in [-0.2, -0.15) is 5.26 Å². The fraction of sp³-hybridized carbons (Fsp3) is 0.188. The average molecular weight is 330 g/mol. The van der Waals surface area contributed by atoms with Gasteiger partial charge >= 0.3 is 12.1 Å². The molecule has 118 valence electrons. The van der Waals surface area contributed by atoms with E-state index in [1.807, 2.05) is 6.07 Å². The van der Waals surface area contributed by atoms with Gasteiger partial charge in [-0.25, -0.2) is 9.59 Å². The van der Waals surface area contributed by atoms with Gasteiger partial charge in [0, 0.05) is 0 Å². The molecule has 0 bridgehead atoms. The van der Waals surface area contributed by atoms with Crippen LogP contribution < -0.4 is 10.1 Å². The molecule has 1 aromatic carbocycles. The van der Waals surface area contributed by atoms with Crippen molar-refractivity contribution in [2.24, 2.45) is 0 Å². The Morgan fingerprint density at radius 3 is 2.61 bits per heavy atom. The summed E-state index contributed by atoms with van der Waals surface area (Å²) in [6.07, 6.45) is -0.732. The number of nitrogens with one attached hydrogen (secondary N) is 1. The van der Waals surface area contributed by atoms with Crippen LogP contribution in [0.25, 0.3) is 0 Å². The van der Waals surface area contributed by atoms with Crippen molar-refractivity contribution >= 4 is 28.4 Å². The number of ether oxygens (including phenoxy) is 2. The number of thiophene rings is 1. The summed E-state index contributed by atoms with van der Waals surface area (Å²) in [5, 5.41) is 12.0. The minimum absolute atomic E-state index is 0.225. The zero-order chi connectivity index (χ0) is 16.8. The van der Waals surface area contributed by atoms with Crippen LogP contribution in [-0.2, 0) is 4.74 Å². The Kier molecular flexibility index (Phi) is 5.33. The first kappa shape index (κ1) is 16.5. The molecule has 23 heavy (non-hydrogen) atoms. The molecule has 1 amide bonds. The van der Waals surface area contributed by atoms with E-state index in [2.05, 4.69) is 5.32 Å². The number of hydrogen-bond acceptors (Lipinski definition) is 6. The number of para-hydroxylation sites is 1. The molecule has 0 saturated heterocycles. The summed E-state index contributed by atoms with van der Waals surface area (Å²) in [4.78, 5) is 24.1. The monoisotopic (exact) mass is 330 g/mol. The number of benzene rings is 1. The number of esters is 1. The van der Waals surface area contributed by atoms with E-state index in [1.165, 1.54) is 0 Å². The lowest BCUT2D eigenvalue weighted by Crippen LogP contribution is -2.16. The number of hydrogen-bond donors (Lipinski definition) is 1. The lowest BCUT2D eigenvalue weighted by Gasteiger charge is -2.04. The van der Waals surface area contributed by atoms with Crippen LogP contribution in [0.1, 0.15) is 27.7 Å². The first-order chi connectivity index (χ1) is 11.1. The summed E-state index contributed by atoms with van der Waals surface area (Å²) in [6.45, 7) is 3.56. The number of amides is 1. The lowest BCUT2D eigenvalue weighted by atomic mass is 10.2. The third kappa shape index (κ3) is 3.87. The van der Waals surface area contributed by atoms with Crippen LogP contribution in [0.5, 0.6) is 5.75 Å². The van der Waals surface area contributed by atoms with Gasteiger partial charge in [-0.15, -0.1) is 11.3 Å². The van der Waals surface area contributed by atoms with Gasteiger partial charge < -0.3 is 9.47 Å². The van der Waals surface area contributed by atoms with Crippen LogP contribution in [0, 0.1) is 18.3 Å². The second-order valence-electron chi connectivity index (χ2n) is 4.42. The molecule has 0 radical (unpaired) electrons. The first-order valence-electron chi connectivity index (χ1n) is 6.81. The quantitative estimate of drug-likeness (QED) is 0.863. The fourth-order valence-electron chi connectivity index (χ4n) is 1.84. The van der Waals surface area contributed by atoms with Crippen molar-refractivity contribution in [1.82, 2.24) is 0 Å². The standard InChI is InChI=1S/C16H14N2O4S/c1-3-21-15(19)13-10(2)12(9-17)14(23-13)18-16(20)22-11-7-5-4-6-8-11/h4-8H,3H2,1-2H3,(H,18,20). The van der Waals surface area contributed by atoms with E-state index < -0.39 is 12.1 Å². The second-order valence-corrected chi connectivity index (χ2v) is 5.44. The van der Waals surface area contributed by atoms with E-state index in [9.17, 15) is 14.9 Å². The highest BCUT2D eigenvalue weighted by Gasteiger charge is 2.22. The van der Waals surface area contributed by atoms with E-state index >= 15 is 0 Å². The van der Waals surface area contributed by atoms with Gasteiger partial charge in [-0.05, 0) is 31.5 Å². The van der Waals surface area contributed by atoms with Crippen molar-refractivity contribution in [1.29, 1.82) is 5.26 Å². The van der Waals surface area contributed by atoms with Gasteiger partial charge in [0.15, 0.2) is 0 Å². The minimum Gasteiger partial charge on any atom is -0.462 e. The third-order valence-electron chi connectivity index (χ3n) is 2.89. The van der Waals surface area contributed by atoms with Gasteiger partial charge in [-0.3, -0.25) is 5.32 Å². The molecular weight excluding hydrogens is 316 g/mol.